The maximum absolute atomic E-state index is 12.9. The van der Waals surface area contributed by atoms with Gasteiger partial charge in [0.25, 0.3) is 0 Å². The number of nitrogens with one attached hydrogen (secondary N) is 4. The minimum Gasteiger partial charge on any atom is -0.385 e. The zero-order valence-corrected chi connectivity index (χ0v) is 33.2. The Morgan fingerprint density at radius 1 is 0.517 bits per heavy atom. The molecule has 2 saturated heterocycles. The second-order valence-electron chi connectivity index (χ2n) is 15.3. The van der Waals surface area contributed by atoms with Crippen molar-refractivity contribution in [1.82, 2.24) is 39.8 Å². The van der Waals surface area contributed by atoms with E-state index in [0.717, 1.165) is 71.2 Å². The molecular formula is C45H54N12O. The first kappa shape index (κ1) is 38.8. The van der Waals surface area contributed by atoms with Crippen molar-refractivity contribution in [3.8, 4) is 33.9 Å². The van der Waals surface area contributed by atoms with Crippen LogP contribution in [0, 0.1) is 0 Å². The number of carbonyl (C=O) groups is 1. The summed E-state index contributed by atoms with van der Waals surface area (Å²) in [7, 11) is 0. The van der Waals surface area contributed by atoms with Crippen molar-refractivity contribution in [2.75, 3.05) is 73.6 Å². The molecule has 2 aliphatic rings. The predicted molar refractivity (Wildman–Crippen MR) is 233 cm³/mol. The van der Waals surface area contributed by atoms with Crippen LogP contribution >= 0.6 is 0 Å². The van der Waals surface area contributed by atoms with Gasteiger partial charge in [0.1, 0.15) is 11.4 Å². The van der Waals surface area contributed by atoms with E-state index in [1.165, 1.54) is 77.8 Å². The van der Waals surface area contributed by atoms with Crippen molar-refractivity contribution in [2.45, 2.75) is 51.4 Å². The number of unbranched alkanes of at least 4 members (excludes halogenated alkanes) is 2. The number of hydrogen-bond donors (Lipinski definition) is 4. The first-order valence-corrected chi connectivity index (χ1v) is 20.9. The van der Waals surface area contributed by atoms with E-state index in [2.05, 4.69) is 76.0 Å². The third kappa shape index (κ3) is 10.7. The van der Waals surface area contributed by atoms with Gasteiger partial charge in [0.15, 0.2) is 0 Å². The van der Waals surface area contributed by atoms with Crippen LogP contribution in [0.25, 0.3) is 33.9 Å². The van der Waals surface area contributed by atoms with Gasteiger partial charge in [0, 0.05) is 47.0 Å². The van der Waals surface area contributed by atoms with Crippen molar-refractivity contribution < 1.29 is 4.79 Å². The molecular weight excluding hydrogens is 725 g/mol. The monoisotopic (exact) mass is 778 g/mol. The average Bonchev–Trinajstić information content (AvgIpc) is 4.11. The molecule has 0 radical (unpaired) electrons. The second-order valence-corrected chi connectivity index (χ2v) is 15.3. The number of aromatic nitrogens is 6. The van der Waals surface area contributed by atoms with E-state index in [9.17, 15) is 4.79 Å². The van der Waals surface area contributed by atoms with Crippen LogP contribution in [0.3, 0.4) is 0 Å². The van der Waals surface area contributed by atoms with Crippen molar-refractivity contribution in [3.05, 3.63) is 109 Å². The number of urea groups is 1. The van der Waals surface area contributed by atoms with E-state index in [1.54, 1.807) is 9.36 Å². The lowest BCUT2D eigenvalue weighted by Gasteiger charge is -2.14. The molecule has 6 aromatic rings. The minimum absolute atomic E-state index is 0.336. The predicted octanol–water partition coefficient (Wildman–Crippen LogP) is 8.40. The quantitative estimate of drug-likeness (QED) is 0.0635. The fourth-order valence-electron chi connectivity index (χ4n) is 7.70. The zero-order chi connectivity index (χ0) is 39.4. The van der Waals surface area contributed by atoms with Crippen molar-refractivity contribution in [1.29, 1.82) is 0 Å². The van der Waals surface area contributed by atoms with Gasteiger partial charge in [0.2, 0.25) is 0 Å². The highest BCUT2D eigenvalue weighted by atomic mass is 16.2. The smallest absolute Gasteiger partial charge is 0.323 e. The molecule has 4 N–H and O–H groups in total. The van der Waals surface area contributed by atoms with Crippen LogP contribution in [-0.2, 0) is 0 Å². The minimum atomic E-state index is -0.336. The Morgan fingerprint density at radius 3 is 1.38 bits per heavy atom. The summed E-state index contributed by atoms with van der Waals surface area (Å²) in [6, 6.07) is 31.3. The van der Waals surface area contributed by atoms with Crippen LogP contribution in [0.5, 0.6) is 0 Å². The summed E-state index contributed by atoms with van der Waals surface area (Å²) in [5, 5.41) is 30.5. The molecule has 58 heavy (non-hydrogen) atoms. The number of anilines is 4. The summed E-state index contributed by atoms with van der Waals surface area (Å²) >= 11 is 0. The van der Waals surface area contributed by atoms with Gasteiger partial charge in [-0.2, -0.15) is 0 Å². The van der Waals surface area contributed by atoms with E-state index < -0.39 is 0 Å². The summed E-state index contributed by atoms with van der Waals surface area (Å²) in [6.07, 6.45) is 13.9. The number of nitrogens with zero attached hydrogens (tertiary/aromatic N) is 8. The molecule has 13 heteroatoms. The number of amides is 2. The maximum Gasteiger partial charge on any atom is 0.323 e. The first-order chi connectivity index (χ1) is 28.6. The standard InChI is InChI=1S/C45H54N12O/c58-45(48-37-19-15-35(16-20-37)43-33-56(52-50-43)41-13-9-11-39(31-41)46-23-1-3-25-54-27-5-6-28-54)49-38-21-17-36(18-22-38)44-34-57(53-51-44)42-14-10-12-40(32-42)47-24-2-4-26-55-29-7-8-30-55/h9-22,31-34,46-47H,1-8,23-30H2,(H2,48,49,58). The summed E-state index contributed by atoms with van der Waals surface area (Å²) in [6.45, 7) is 9.32. The molecule has 0 unspecified atom stereocenters. The summed E-state index contributed by atoms with van der Waals surface area (Å²) in [5.74, 6) is 0. The molecule has 0 atom stereocenters. The Bertz CT molecular complexity index is 2050. The van der Waals surface area contributed by atoms with E-state index in [4.69, 9.17) is 0 Å². The Labute approximate surface area is 340 Å². The first-order valence-electron chi connectivity index (χ1n) is 20.9. The lowest BCUT2D eigenvalue weighted by molar-refractivity contribution is 0.262. The third-order valence-electron chi connectivity index (χ3n) is 10.9. The number of benzene rings is 4. The van der Waals surface area contributed by atoms with E-state index >= 15 is 0 Å². The van der Waals surface area contributed by atoms with Gasteiger partial charge in [0.05, 0.1) is 23.8 Å². The van der Waals surface area contributed by atoms with Gasteiger partial charge in [-0.25, -0.2) is 14.2 Å². The molecule has 0 aliphatic carbocycles. The van der Waals surface area contributed by atoms with Crippen LogP contribution in [0.15, 0.2) is 109 Å². The number of rotatable bonds is 18. The molecule has 2 amide bonds. The van der Waals surface area contributed by atoms with Crippen molar-refractivity contribution in [2.24, 2.45) is 0 Å². The second kappa shape index (κ2) is 19.4. The van der Waals surface area contributed by atoms with Crippen LogP contribution in [0.2, 0.25) is 0 Å². The van der Waals surface area contributed by atoms with Crippen LogP contribution in [-0.4, -0.2) is 98.2 Å². The molecule has 8 rings (SSSR count). The molecule has 13 nitrogen and oxygen atoms in total. The molecule has 2 aromatic heterocycles. The highest BCUT2D eigenvalue weighted by Gasteiger charge is 2.13. The highest BCUT2D eigenvalue weighted by molar-refractivity contribution is 6.00. The van der Waals surface area contributed by atoms with Gasteiger partial charge in [-0.1, -0.05) is 46.8 Å². The highest BCUT2D eigenvalue weighted by Crippen LogP contribution is 2.24. The van der Waals surface area contributed by atoms with Gasteiger partial charge >= 0.3 is 6.03 Å². The Balaban J connectivity index is 0.783. The Kier molecular flexibility index (Phi) is 13.0. The largest absolute Gasteiger partial charge is 0.385 e. The fourth-order valence-corrected chi connectivity index (χ4v) is 7.70. The normalized spacial score (nSPS) is 14.5. The molecule has 0 spiro atoms. The topological polar surface area (TPSA) is 133 Å². The SMILES string of the molecule is O=C(Nc1ccc(-c2cn(-c3cccc(NCCCCN4CCCC4)c3)nn2)cc1)Nc1ccc(-c2cn(-c3cccc(NCCCCN4CCCC4)c3)nn2)cc1. The van der Waals surface area contributed by atoms with Crippen LogP contribution in [0.1, 0.15) is 51.4 Å². The van der Waals surface area contributed by atoms with Gasteiger partial charge < -0.3 is 31.1 Å². The number of hydrogen-bond acceptors (Lipinski definition) is 9. The van der Waals surface area contributed by atoms with E-state index in [1.807, 2.05) is 85.2 Å². The van der Waals surface area contributed by atoms with Gasteiger partial charge in [-0.3, -0.25) is 0 Å². The van der Waals surface area contributed by atoms with Crippen molar-refractivity contribution in [3.63, 3.8) is 0 Å². The van der Waals surface area contributed by atoms with Crippen molar-refractivity contribution >= 4 is 28.8 Å². The van der Waals surface area contributed by atoms with Crippen LogP contribution < -0.4 is 21.3 Å². The number of carbonyl (C=O) groups excluding carboxylic acids is 1. The molecule has 4 heterocycles. The molecule has 0 saturated carbocycles. The van der Waals surface area contributed by atoms with E-state index in [0.29, 0.717) is 11.4 Å². The molecule has 2 aliphatic heterocycles. The Morgan fingerprint density at radius 2 is 0.948 bits per heavy atom. The molecule has 300 valence electrons. The van der Waals surface area contributed by atoms with Crippen LogP contribution in [0.4, 0.5) is 27.5 Å². The molecule has 2 fully saturated rings. The average molecular weight is 779 g/mol. The number of likely N-dealkylation sites (tertiary alicyclic amines) is 2. The fraction of sp³-hybridized carbons (Fsp3) is 0.356. The lowest BCUT2D eigenvalue weighted by Crippen LogP contribution is -2.20. The van der Waals surface area contributed by atoms with Gasteiger partial charge in [-0.15, -0.1) is 10.2 Å². The summed E-state index contributed by atoms with van der Waals surface area (Å²) in [5.41, 5.74) is 8.66. The molecule has 0 bridgehead atoms. The van der Waals surface area contributed by atoms with E-state index in [-0.39, 0.29) is 6.03 Å². The third-order valence-corrected chi connectivity index (χ3v) is 10.9. The van der Waals surface area contributed by atoms with Gasteiger partial charge in [-0.05, 0) is 151 Å². The molecule has 4 aromatic carbocycles. The Hall–Kier alpha value is -6.05. The maximum atomic E-state index is 12.9. The zero-order valence-electron chi connectivity index (χ0n) is 33.2. The lowest BCUT2D eigenvalue weighted by atomic mass is 10.1. The summed E-state index contributed by atoms with van der Waals surface area (Å²) in [4.78, 5) is 18.0. The summed E-state index contributed by atoms with van der Waals surface area (Å²) < 4.78 is 3.58.